The number of nitrogens with zero attached hydrogens (tertiary/aromatic N) is 1. The fourth-order valence-corrected chi connectivity index (χ4v) is 1.56. The van der Waals surface area contributed by atoms with E-state index in [0.29, 0.717) is 0 Å². The first-order valence-electron chi connectivity index (χ1n) is 3.32. The molecule has 53 valence electrons. The number of rotatable bonds is 1. The first kappa shape index (κ1) is 6.55. The molecular weight excluding hydrogens is 154 g/mol. The van der Waals surface area contributed by atoms with Crippen molar-refractivity contribution in [3.05, 3.63) is 42.0 Å². The van der Waals surface area contributed by atoms with E-state index >= 15 is 0 Å². The molecule has 0 aliphatic heterocycles. The molecule has 0 atom stereocenters. The summed E-state index contributed by atoms with van der Waals surface area (Å²) in [5, 5.41) is 1.95. The lowest BCUT2D eigenvalue weighted by Gasteiger charge is -1.92. The first-order valence-corrected chi connectivity index (χ1v) is 4.20. The largest absolute Gasteiger partial charge is 0.264 e. The zero-order valence-electron chi connectivity index (χ0n) is 5.82. The number of aromatic nitrogens is 1. The van der Waals surface area contributed by atoms with Crippen LogP contribution < -0.4 is 0 Å². The average molecular weight is 160 g/mol. The maximum absolute atomic E-state index is 4.03. The summed E-state index contributed by atoms with van der Waals surface area (Å²) >= 11 is 1.68. The maximum Gasteiger partial charge on any atom is 0.0364 e. The average Bonchev–Trinajstić information content (AvgIpc) is 2.58. The second-order valence-electron chi connectivity index (χ2n) is 2.15. The maximum atomic E-state index is 4.03. The Hall–Kier alpha value is -1.15. The van der Waals surface area contributed by atoms with E-state index < -0.39 is 0 Å². The zero-order chi connectivity index (χ0) is 7.52. The second kappa shape index (κ2) is 2.84. The van der Waals surface area contributed by atoms with Crippen LogP contribution in [0.4, 0.5) is 0 Å². The summed E-state index contributed by atoms with van der Waals surface area (Å²) in [6.45, 7) is 0. The van der Waals surface area contributed by atoms with Crippen molar-refractivity contribution in [3.63, 3.8) is 0 Å². The first-order chi connectivity index (χ1) is 5.47. The molecule has 11 heavy (non-hydrogen) atoms. The molecule has 0 aliphatic rings. The highest BCUT2D eigenvalue weighted by Crippen LogP contribution is 2.22. The van der Waals surface area contributed by atoms with Gasteiger partial charge in [0, 0.05) is 22.8 Å². The third-order valence-corrected chi connectivity index (χ3v) is 2.28. The van der Waals surface area contributed by atoms with Crippen molar-refractivity contribution in [2.45, 2.75) is 0 Å². The minimum atomic E-state index is 1.17. The fourth-order valence-electron chi connectivity index (χ4n) is 0.901. The van der Waals surface area contributed by atoms with E-state index in [9.17, 15) is 0 Å². The third kappa shape index (κ3) is 1.30. The van der Waals surface area contributed by atoms with Crippen LogP contribution in [0, 0.1) is 6.07 Å². The van der Waals surface area contributed by atoms with E-state index in [-0.39, 0.29) is 0 Å². The lowest BCUT2D eigenvalue weighted by Crippen LogP contribution is -1.72. The van der Waals surface area contributed by atoms with Gasteiger partial charge in [0.05, 0.1) is 0 Å². The Morgan fingerprint density at radius 3 is 3.09 bits per heavy atom. The molecule has 0 spiro atoms. The predicted octanol–water partition coefficient (Wildman–Crippen LogP) is 2.61. The van der Waals surface area contributed by atoms with Crippen LogP contribution in [0.25, 0.3) is 10.4 Å². The van der Waals surface area contributed by atoms with Crippen LogP contribution in [-0.4, -0.2) is 4.98 Å². The fraction of sp³-hybridized carbons (Fsp3) is 0. The molecule has 2 aromatic heterocycles. The summed E-state index contributed by atoms with van der Waals surface area (Å²) in [7, 11) is 0. The Morgan fingerprint density at radius 2 is 2.45 bits per heavy atom. The summed E-state index contributed by atoms with van der Waals surface area (Å²) in [5.74, 6) is 0. The molecule has 2 rings (SSSR count). The molecule has 1 radical (unpaired) electrons. The van der Waals surface area contributed by atoms with Gasteiger partial charge in [-0.25, -0.2) is 0 Å². The Kier molecular flexibility index (Phi) is 1.69. The van der Waals surface area contributed by atoms with Crippen LogP contribution >= 0.6 is 11.3 Å². The number of hydrogen-bond acceptors (Lipinski definition) is 2. The van der Waals surface area contributed by atoms with Gasteiger partial charge in [0.15, 0.2) is 0 Å². The number of hydrogen-bond donors (Lipinski definition) is 0. The zero-order valence-corrected chi connectivity index (χ0v) is 6.64. The van der Waals surface area contributed by atoms with Gasteiger partial charge in [0.2, 0.25) is 0 Å². The lowest BCUT2D eigenvalue weighted by atomic mass is 10.2. The summed E-state index contributed by atoms with van der Waals surface area (Å²) < 4.78 is 0. The van der Waals surface area contributed by atoms with Gasteiger partial charge in [-0.2, -0.15) is 0 Å². The van der Waals surface area contributed by atoms with Gasteiger partial charge in [-0.3, -0.25) is 4.98 Å². The van der Waals surface area contributed by atoms with Gasteiger partial charge in [-0.05, 0) is 23.6 Å². The van der Waals surface area contributed by atoms with Crippen molar-refractivity contribution in [1.82, 2.24) is 4.98 Å². The third-order valence-electron chi connectivity index (χ3n) is 1.41. The van der Waals surface area contributed by atoms with E-state index in [4.69, 9.17) is 0 Å². The SMILES string of the molecule is [c]1csc(-c2cccnc2)c1. The van der Waals surface area contributed by atoms with Crippen LogP contribution in [0.15, 0.2) is 36.0 Å². The van der Waals surface area contributed by atoms with E-state index in [2.05, 4.69) is 11.1 Å². The summed E-state index contributed by atoms with van der Waals surface area (Å²) in [4.78, 5) is 5.25. The summed E-state index contributed by atoms with van der Waals surface area (Å²) in [6.07, 6.45) is 3.64. The van der Waals surface area contributed by atoms with Gasteiger partial charge in [0.25, 0.3) is 0 Å². The highest BCUT2D eigenvalue weighted by Gasteiger charge is 1.95. The topological polar surface area (TPSA) is 12.9 Å². The van der Waals surface area contributed by atoms with Crippen molar-refractivity contribution in [1.29, 1.82) is 0 Å². The monoisotopic (exact) mass is 160 g/mol. The van der Waals surface area contributed by atoms with Crippen molar-refractivity contribution in [2.24, 2.45) is 0 Å². The Bertz CT molecular complexity index is 313. The molecule has 0 aromatic carbocycles. The van der Waals surface area contributed by atoms with E-state index in [1.807, 2.05) is 29.8 Å². The Labute approximate surface area is 69.3 Å². The number of pyridine rings is 1. The molecule has 0 saturated carbocycles. The molecule has 2 aromatic rings. The van der Waals surface area contributed by atoms with Crippen molar-refractivity contribution in [3.8, 4) is 10.4 Å². The van der Waals surface area contributed by atoms with Crippen molar-refractivity contribution in [2.75, 3.05) is 0 Å². The van der Waals surface area contributed by atoms with Crippen LogP contribution in [0.2, 0.25) is 0 Å². The molecule has 0 N–H and O–H groups in total. The molecule has 2 heterocycles. The smallest absolute Gasteiger partial charge is 0.0364 e. The second-order valence-corrected chi connectivity index (χ2v) is 3.06. The highest BCUT2D eigenvalue weighted by atomic mass is 32.1. The summed E-state index contributed by atoms with van der Waals surface area (Å²) in [5.41, 5.74) is 1.17. The Balaban J connectivity index is 2.46. The molecule has 0 amide bonds. The molecular formula is C9H6NS. The molecule has 2 heteroatoms. The summed E-state index contributed by atoms with van der Waals surface area (Å²) in [6, 6.07) is 8.98. The van der Waals surface area contributed by atoms with Crippen LogP contribution in [0.3, 0.4) is 0 Å². The molecule has 0 saturated heterocycles. The van der Waals surface area contributed by atoms with E-state index in [1.54, 1.807) is 17.5 Å². The number of thiophene rings is 1. The molecule has 0 aliphatic carbocycles. The van der Waals surface area contributed by atoms with Gasteiger partial charge in [0.1, 0.15) is 0 Å². The van der Waals surface area contributed by atoms with Gasteiger partial charge in [-0.1, -0.05) is 6.07 Å². The van der Waals surface area contributed by atoms with Crippen LogP contribution in [-0.2, 0) is 0 Å². The van der Waals surface area contributed by atoms with Crippen LogP contribution in [0.5, 0.6) is 0 Å². The standard InChI is InChI=1S/C9H6NS/c1-3-8(7-10-5-1)9-4-2-6-11-9/h1,3-7H. The molecule has 0 bridgehead atoms. The predicted molar refractivity (Wildman–Crippen MR) is 46.4 cm³/mol. The van der Waals surface area contributed by atoms with E-state index in [1.165, 1.54) is 10.4 Å². The molecule has 0 unspecified atom stereocenters. The quantitative estimate of drug-likeness (QED) is 0.625. The molecule has 0 fully saturated rings. The normalized spacial score (nSPS) is 9.82. The van der Waals surface area contributed by atoms with Gasteiger partial charge < -0.3 is 0 Å². The highest BCUT2D eigenvalue weighted by molar-refractivity contribution is 7.13. The minimum absolute atomic E-state index is 1.17. The van der Waals surface area contributed by atoms with Gasteiger partial charge in [-0.15, -0.1) is 11.3 Å². The van der Waals surface area contributed by atoms with Crippen molar-refractivity contribution >= 4 is 11.3 Å². The van der Waals surface area contributed by atoms with Crippen molar-refractivity contribution < 1.29 is 0 Å². The van der Waals surface area contributed by atoms with Crippen LogP contribution in [0.1, 0.15) is 0 Å². The minimum Gasteiger partial charge on any atom is -0.264 e. The van der Waals surface area contributed by atoms with E-state index in [0.717, 1.165) is 0 Å². The molecule has 1 nitrogen and oxygen atoms in total. The lowest BCUT2D eigenvalue weighted by molar-refractivity contribution is 1.33. The van der Waals surface area contributed by atoms with Gasteiger partial charge >= 0.3 is 0 Å². The Morgan fingerprint density at radius 1 is 1.45 bits per heavy atom.